The summed E-state index contributed by atoms with van der Waals surface area (Å²) < 4.78 is 34.4. The van der Waals surface area contributed by atoms with Crippen LogP contribution in [0.15, 0.2) is 29.2 Å². The van der Waals surface area contributed by atoms with E-state index in [4.69, 9.17) is 8.92 Å². The van der Waals surface area contributed by atoms with Crippen LogP contribution in [0.5, 0.6) is 5.75 Å². The largest absolute Gasteiger partial charge is 0.495 e. The van der Waals surface area contributed by atoms with Crippen molar-refractivity contribution in [3.05, 3.63) is 24.3 Å². The lowest BCUT2D eigenvalue weighted by atomic mass is 10.1. The Morgan fingerprint density at radius 2 is 1.50 bits per heavy atom. The van der Waals surface area contributed by atoms with E-state index < -0.39 is 10.1 Å². The molecule has 1 aromatic carbocycles. The Morgan fingerprint density at radius 1 is 0.909 bits per heavy atom. The third-order valence-corrected chi connectivity index (χ3v) is 4.93. The number of methoxy groups -OCH3 is 1. The molecule has 0 heterocycles. The number of unbranched alkanes of at least 4 members (excludes halogenated alkanes) is 7. The molecule has 0 aliphatic carbocycles. The summed E-state index contributed by atoms with van der Waals surface area (Å²) in [5.74, 6) is 0.318. The van der Waals surface area contributed by atoms with Crippen molar-refractivity contribution in [1.82, 2.24) is 0 Å². The van der Waals surface area contributed by atoms with E-state index >= 15 is 0 Å². The molecule has 0 aliphatic heterocycles. The molecule has 1 rings (SSSR count). The van der Waals surface area contributed by atoms with Crippen molar-refractivity contribution in [2.45, 2.75) is 63.2 Å². The van der Waals surface area contributed by atoms with E-state index in [0.29, 0.717) is 5.75 Å². The summed E-state index contributed by atoms with van der Waals surface area (Å²) in [5.41, 5.74) is 0. The SMILES string of the molecule is CCCCCCCCCCOS(=O)(=O)c1ccccc1OC. The van der Waals surface area contributed by atoms with Crippen LogP contribution in [0.2, 0.25) is 0 Å². The Bertz CT molecular complexity index is 511. The molecular formula is C17H28O4S. The highest BCUT2D eigenvalue weighted by molar-refractivity contribution is 7.86. The lowest BCUT2D eigenvalue weighted by Gasteiger charge is -2.09. The summed E-state index contributed by atoms with van der Waals surface area (Å²) in [4.78, 5) is 0.0945. The van der Waals surface area contributed by atoms with Crippen LogP contribution in [0.25, 0.3) is 0 Å². The van der Waals surface area contributed by atoms with Crippen molar-refractivity contribution < 1.29 is 17.3 Å². The Morgan fingerprint density at radius 3 is 2.14 bits per heavy atom. The van der Waals surface area contributed by atoms with Gasteiger partial charge in [-0.05, 0) is 18.6 Å². The van der Waals surface area contributed by atoms with E-state index in [9.17, 15) is 8.42 Å². The number of para-hydroxylation sites is 1. The van der Waals surface area contributed by atoms with Crippen LogP contribution < -0.4 is 4.74 Å². The molecule has 0 radical (unpaired) electrons. The molecule has 0 amide bonds. The van der Waals surface area contributed by atoms with E-state index in [1.54, 1.807) is 18.2 Å². The molecule has 0 bridgehead atoms. The predicted molar refractivity (Wildman–Crippen MR) is 88.7 cm³/mol. The first-order valence-corrected chi connectivity index (χ1v) is 9.55. The second-order valence-corrected chi connectivity index (χ2v) is 6.99. The van der Waals surface area contributed by atoms with Gasteiger partial charge in [-0.15, -0.1) is 0 Å². The lowest BCUT2D eigenvalue weighted by Crippen LogP contribution is -2.09. The van der Waals surface area contributed by atoms with E-state index in [1.165, 1.54) is 45.3 Å². The van der Waals surface area contributed by atoms with Crippen LogP contribution >= 0.6 is 0 Å². The molecule has 0 fully saturated rings. The van der Waals surface area contributed by atoms with Gasteiger partial charge >= 0.3 is 10.1 Å². The third kappa shape index (κ3) is 6.79. The first-order chi connectivity index (χ1) is 10.6. The fraction of sp³-hybridized carbons (Fsp3) is 0.647. The molecule has 0 aliphatic rings. The van der Waals surface area contributed by atoms with Gasteiger partial charge < -0.3 is 4.74 Å². The topological polar surface area (TPSA) is 52.6 Å². The number of ether oxygens (including phenoxy) is 1. The third-order valence-electron chi connectivity index (χ3n) is 3.57. The quantitative estimate of drug-likeness (QED) is 0.417. The zero-order valence-corrected chi connectivity index (χ0v) is 14.5. The molecule has 22 heavy (non-hydrogen) atoms. The van der Waals surface area contributed by atoms with Gasteiger partial charge in [0.05, 0.1) is 13.7 Å². The maximum atomic E-state index is 12.1. The molecule has 0 saturated carbocycles. The van der Waals surface area contributed by atoms with E-state index in [-0.39, 0.29) is 11.5 Å². The maximum Gasteiger partial charge on any atom is 0.300 e. The molecule has 126 valence electrons. The second kappa shape index (κ2) is 10.6. The summed E-state index contributed by atoms with van der Waals surface area (Å²) >= 11 is 0. The number of hydrogen-bond acceptors (Lipinski definition) is 4. The highest BCUT2D eigenvalue weighted by atomic mass is 32.2. The number of benzene rings is 1. The smallest absolute Gasteiger partial charge is 0.300 e. The second-order valence-electron chi connectivity index (χ2n) is 5.40. The molecule has 0 aromatic heterocycles. The minimum Gasteiger partial charge on any atom is -0.495 e. The minimum atomic E-state index is -3.73. The Hall–Kier alpha value is -1.07. The van der Waals surface area contributed by atoms with E-state index in [2.05, 4.69) is 6.92 Å². The highest BCUT2D eigenvalue weighted by Crippen LogP contribution is 2.24. The zero-order chi connectivity index (χ0) is 16.3. The van der Waals surface area contributed by atoms with Gasteiger partial charge in [-0.2, -0.15) is 8.42 Å². The fourth-order valence-corrected chi connectivity index (χ4v) is 3.40. The normalized spacial score (nSPS) is 11.5. The van der Waals surface area contributed by atoms with Gasteiger partial charge in [0.25, 0.3) is 0 Å². The van der Waals surface area contributed by atoms with Crippen LogP contribution in [-0.4, -0.2) is 22.1 Å². The monoisotopic (exact) mass is 328 g/mol. The lowest BCUT2D eigenvalue weighted by molar-refractivity contribution is 0.303. The minimum absolute atomic E-state index is 0.0945. The predicted octanol–water partition coefficient (Wildman–Crippen LogP) is 4.54. The van der Waals surface area contributed by atoms with Crippen LogP contribution in [-0.2, 0) is 14.3 Å². The highest BCUT2D eigenvalue weighted by Gasteiger charge is 2.19. The Balaban J connectivity index is 2.26. The van der Waals surface area contributed by atoms with Gasteiger partial charge in [-0.3, -0.25) is 4.18 Å². The van der Waals surface area contributed by atoms with E-state index in [1.807, 2.05) is 0 Å². The molecule has 1 aromatic rings. The molecule has 0 atom stereocenters. The molecule has 0 saturated heterocycles. The summed E-state index contributed by atoms with van der Waals surface area (Å²) in [6.45, 7) is 2.44. The van der Waals surface area contributed by atoms with Crippen LogP contribution in [0, 0.1) is 0 Å². The van der Waals surface area contributed by atoms with Crippen molar-refractivity contribution in [3.63, 3.8) is 0 Å². The standard InChI is InChI=1S/C17H28O4S/c1-3-4-5-6-7-8-9-12-15-21-22(18,19)17-14-11-10-13-16(17)20-2/h10-11,13-14H,3-9,12,15H2,1-2H3. The first-order valence-electron chi connectivity index (χ1n) is 8.14. The molecule has 0 unspecified atom stereocenters. The molecule has 4 nitrogen and oxygen atoms in total. The molecule has 0 spiro atoms. The number of rotatable bonds is 12. The van der Waals surface area contributed by atoms with Gasteiger partial charge in [-0.25, -0.2) is 0 Å². The fourth-order valence-electron chi connectivity index (χ4n) is 2.29. The van der Waals surface area contributed by atoms with Gasteiger partial charge in [0, 0.05) is 0 Å². The molecule has 5 heteroatoms. The Kier molecular flexibility index (Phi) is 9.16. The maximum absolute atomic E-state index is 12.1. The van der Waals surface area contributed by atoms with Crippen molar-refractivity contribution in [1.29, 1.82) is 0 Å². The number of hydrogen-bond donors (Lipinski definition) is 0. The zero-order valence-electron chi connectivity index (χ0n) is 13.7. The molecular weight excluding hydrogens is 300 g/mol. The van der Waals surface area contributed by atoms with Crippen molar-refractivity contribution in [3.8, 4) is 5.75 Å². The van der Waals surface area contributed by atoms with Gasteiger partial charge in [-0.1, -0.05) is 64.0 Å². The van der Waals surface area contributed by atoms with Crippen molar-refractivity contribution in [2.75, 3.05) is 13.7 Å². The first kappa shape index (κ1) is 19.0. The van der Waals surface area contributed by atoms with E-state index in [0.717, 1.165) is 19.3 Å². The average molecular weight is 328 g/mol. The van der Waals surface area contributed by atoms with Crippen LogP contribution in [0.3, 0.4) is 0 Å². The summed E-state index contributed by atoms with van der Waals surface area (Å²) in [6, 6.07) is 6.51. The summed E-state index contributed by atoms with van der Waals surface area (Å²) in [6.07, 6.45) is 9.27. The average Bonchev–Trinajstić information content (AvgIpc) is 2.53. The van der Waals surface area contributed by atoms with Crippen molar-refractivity contribution >= 4 is 10.1 Å². The van der Waals surface area contributed by atoms with Gasteiger partial charge in [0.2, 0.25) is 0 Å². The Labute approximate surface area is 135 Å². The van der Waals surface area contributed by atoms with Crippen LogP contribution in [0.4, 0.5) is 0 Å². The van der Waals surface area contributed by atoms with Gasteiger partial charge in [0.15, 0.2) is 0 Å². The summed E-state index contributed by atoms with van der Waals surface area (Å²) in [5, 5.41) is 0. The molecule has 0 N–H and O–H groups in total. The van der Waals surface area contributed by atoms with Crippen LogP contribution in [0.1, 0.15) is 58.3 Å². The van der Waals surface area contributed by atoms with Gasteiger partial charge in [0.1, 0.15) is 10.6 Å². The van der Waals surface area contributed by atoms with Crippen molar-refractivity contribution in [2.24, 2.45) is 0 Å². The summed E-state index contributed by atoms with van der Waals surface area (Å²) in [7, 11) is -2.28.